The summed E-state index contributed by atoms with van der Waals surface area (Å²) in [6.45, 7) is 8.40. The van der Waals surface area contributed by atoms with Crippen molar-refractivity contribution in [3.63, 3.8) is 0 Å². The monoisotopic (exact) mass is 345 g/mol. The van der Waals surface area contributed by atoms with Gasteiger partial charge in [-0.25, -0.2) is 0 Å². The Balaban J connectivity index is 1.83. The summed E-state index contributed by atoms with van der Waals surface area (Å²) in [7, 11) is 1.79. The summed E-state index contributed by atoms with van der Waals surface area (Å²) >= 11 is 1.81. The lowest BCUT2D eigenvalue weighted by molar-refractivity contribution is 0.0657. The van der Waals surface area contributed by atoms with Gasteiger partial charge in [0, 0.05) is 23.3 Å². The van der Waals surface area contributed by atoms with E-state index in [1.54, 1.807) is 18.4 Å². The van der Waals surface area contributed by atoms with E-state index in [1.165, 1.54) is 20.9 Å². The third kappa shape index (κ3) is 6.34. The van der Waals surface area contributed by atoms with Crippen LogP contribution in [-0.4, -0.2) is 19.1 Å². The van der Waals surface area contributed by atoms with Gasteiger partial charge in [0.15, 0.2) is 5.96 Å². The van der Waals surface area contributed by atoms with E-state index in [1.807, 2.05) is 0 Å². The largest absolute Gasteiger partial charge is 0.374 e. The van der Waals surface area contributed by atoms with Crippen LogP contribution in [0.5, 0.6) is 0 Å². The molecule has 0 spiro atoms. The molecular formula is C19H27N3OS. The molecule has 0 aliphatic carbocycles. The summed E-state index contributed by atoms with van der Waals surface area (Å²) in [6.07, 6.45) is 0.246. The summed E-state index contributed by atoms with van der Waals surface area (Å²) in [4.78, 5) is 6.92. The molecule has 2 rings (SSSR count). The first-order valence-electron chi connectivity index (χ1n) is 8.26. The van der Waals surface area contributed by atoms with Crippen LogP contribution in [0.15, 0.2) is 41.4 Å². The number of guanidine groups is 1. The van der Waals surface area contributed by atoms with Crippen molar-refractivity contribution < 1.29 is 4.74 Å². The zero-order valence-electron chi connectivity index (χ0n) is 14.9. The molecule has 130 valence electrons. The number of aryl methyl sites for hydroxylation is 1. The lowest BCUT2D eigenvalue weighted by Crippen LogP contribution is -2.36. The second kappa shape index (κ2) is 9.45. The van der Waals surface area contributed by atoms with Crippen LogP contribution in [0.1, 0.15) is 34.7 Å². The van der Waals surface area contributed by atoms with Crippen molar-refractivity contribution in [1.29, 1.82) is 0 Å². The predicted octanol–water partition coefficient (Wildman–Crippen LogP) is 3.85. The van der Waals surface area contributed by atoms with Crippen molar-refractivity contribution >= 4 is 17.3 Å². The van der Waals surface area contributed by atoms with E-state index >= 15 is 0 Å². The quantitative estimate of drug-likeness (QED) is 0.592. The van der Waals surface area contributed by atoms with Gasteiger partial charge in [-0.15, -0.1) is 11.3 Å². The van der Waals surface area contributed by atoms with Gasteiger partial charge in [0.2, 0.25) is 0 Å². The van der Waals surface area contributed by atoms with E-state index < -0.39 is 0 Å². The number of ether oxygens (including phenoxy) is 1. The highest BCUT2D eigenvalue weighted by molar-refractivity contribution is 7.11. The summed E-state index contributed by atoms with van der Waals surface area (Å²) in [5.41, 5.74) is 2.41. The third-order valence-electron chi connectivity index (χ3n) is 3.48. The van der Waals surface area contributed by atoms with Gasteiger partial charge >= 0.3 is 0 Å². The maximum absolute atomic E-state index is 5.66. The second-order valence-electron chi connectivity index (χ2n) is 5.97. The molecule has 0 saturated heterocycles. The average Bonchev–Trinajstić information content (AvgIpc) is 2.99. The molecule has 0 aliphatic rings. The van der Waals surface area contributed by atoms with Gasteiger partial charge in [0.05, 0.1) is 19.3 Å². The van der Waals surface area contributed by atoms with E-state index in [2.05, 4.69) is 72.8 Å². The van der Waals surface area contributed by atoms with Crippen molar-refractivity contribution in [2.45, 2.75) is 46.6 Å². The first kappa shape index (κ1) is 18.5. The van der Waals surface area contributed by atoms with Crippen LogP contribution in [0.25, 0.3) is 0 Å². The van der Waals surface area contributed by atoms with Crippen LogP contribution < -0.4 is 10.6 Å². The number of nitrogens with zero attached hydrogens (tertiary/aromatic N) is 1. The Morgan fingerprint density at radius 1 is 1.12 bits per heavy atom. The number of hydrogen-bond donors (Lipinski definition) is 2. The lowest BCUT2D eigenvalue weighted by atomic mass is 10.1. The molecule has 0 bridgehead atoms. The summed E-state index contributed by atoms with van der Waals surface area (Å²) in [5, 5.41) is 6.71. The van der Waals surface area contributed by atoms with Crippen LogP contribution in [0, 0.1) is 6.92 Å². The standard InChI is InChI=1S/C19H27N3OS/c1-14(2)23-13-17-7-5-6-16(10-17)11-21-19(20-4)22-12-18-9-8-15(3)24-18/h5-10,14H,11-13H2,1-4H3,(H2,20,21,22). The number of rotatable bonds is 7. The Bertz CT molecular complexity index is 664. The molecule has 0 unspecified atom stereocenters. The van der Waals surface area contributed by atoms with Gasteiger partial charge < -0.3 is 15.4 Å². The van der Waals surface area contributed by atoms with Gasteiger partial charge in [-0.2, -0.15) is 0 Å². The van der Waals surface area contributed by atoms with Gasteiger partial charge in [-0.3, -0.25) is 4.99 Å². The minimum Gasteiger partial charge on any atom is -0.374 e. The fourth-order valence-corrected chi connectivity index (χ4v) is 3.08. The summed E-state index contributed by atoms with van der Waals surface area (Å²) in [5.74, 6) is 0.810. The highest BCUT2D eigenvalue weighted by Gasteiger charge is 2.02. The normalized spacial score (nSPS) is 11.8. The van der Waals surface area contributed by atoms with Crippen LogP contribution in [0.3, 0.4) is 0 Å². The zero-order chi connectivity index (χ0) is 17.4. The highest BCUT2D eigenvalue weighted by atomic mass is 32.1. The maximum Gasteiger partial charge on any atom is 0.191 e. The SMILES string of the molecule is CN=C(NCc1cccc(COC(C)C)c1)NCc1ccc(C)s1. The van der Waals surface area contributed by atoms with Crippen LogP contribution >= 0.6 is 11.3 Å². The van der Waals surface area contributed by atoms with Crippen LogP contribution in [-0.2, 0) is 24.4 Å². The topological polar surface area (TPSA) is 45.7 Å². The number of aliphatic imine (C=N–C) groups is 1. The zero-order valence-corrected chi connectivity index (χ0v) is 15.7. The fraction of sp³-hybridized carbons (Fsp3) is 0.421. The molecule has 0 amide bonds. The van der Waals surface area contributed by atoms with Crippen molar-refractivity contribution in [2.75, 3.05) is 7.05 Å². The third-order valence-corrected chi connectivity index (χ3v) is 4.49. The van der Waals surface area contributed by atoms with Crippen molar-refractivity contribution in [3.05, 3.63) is 57.3 Å². The van der Waals surface area contributed by atoms with Crippen LogP contribution in [0.4, 0.5) is 0 Å². The molecular weight excluding hydrogens is 318 g/mol. The first-order valence-corrected chi connectivity index (χ1v) is 9.07. The van der Waals surface area contributed by atoms with Crippen molar-refractivity contribution in [3.8, 4) is 0 Å². The molecule has 1 aromatic carbocycles. The van der Waals surface area contributed by atoms with Gasteiger partial charge in [-0.05, 0) is 44.0 Å². The fourth-order valence-electron chi connectivity index (χ4n) is 2.25. The van der Waals surface area contributed by atoms with Gasteiger partial charge in [-0.1, -0.05) is 24.3 Å². The Morgan fingerprint density at radius 3 is 2.54 bits per heavy atom. The Morgan fingerprint density at radius 2 is 1.88 bits per heavy atom. The first-order chi connectivity index (χ1) is 11.6. The molecule has 0 aliphatic heterocycles. The van der Waals surface area contributed by atoms with Crippen LogP contribution in [0.2, 0.25) is 0 Å². The summed E-state index contributed by atoms with van der Waals surface area (Å²) < 4.78 is 5.66. The van der Waals surface area contributed by atoms with E-state index in [0.717, 1.165) is 19.0 Å². The minimum absolute atomic E-state index is 0.246. The highest BCUT2D eigenvalue weighted by Crippen LogP contribution is 2.14. The molecule has 1 heterocycles. The molecule has 0 saturated carbocycles. The minimum atomic E-state index is 0.246. The number of hydrogen-bond acceptors (Lipinski definition) is 3. The van der Waals surface area contributed by atoms with Gasteiger partial charge in [0.1, 0.15) is 0 Å². The number of thiophene rings is 1. The molecule has 0 radical (unpaired) electrons. The molecule has 4 nitrogen and oxygen atoms in total. The maximum atomic E-state index is 5.66. The molecule has 5 heteroatoms. The molecule has 1 aromatic heterocycles. The molecule has 2 aromatic rings. The molecule has 2 N–H and O–H groups in total. The number of benzene rings is 1. The molecule has 0 fully saturated rings. The predicted molar refractivity (Wildman–Crippen MR) is 102 cm³/mol. The van der Waals surface area contributed by atoms with Crippen molar-refractivity contribution in [2.24, 2.45) is 4.99 Å². The van der Waals surface area contributed by atoms with E-state index in [9.17, 15) is 0 Å². The lowest BCUT2D eigenvalue weighted by Gasteiger charge is -2.12. The Hall–Kier alpha value is -1.85. The number of nitrogens with one attached hydrogen (secondary N) is 2. The Kier molecular flexibility index (Phi) is 7.28. The van der Waals surface area contributed by atoms with E-state index in [0.29, 0.717) is 6.61 Å². The van der Waals surface area contributed by atoms with Crippen molar-refractivity contribution in [1.82, 2.24) is 10.6 Å². The second-order valence-corrected chi connectivity index (χ2v) is 7.34. The molecule has 0 atom stereocenters. The Labute approximate surface area is 149 Å². The van der Waals surface area contributed by atoms with Gasteiger partial charge in [0.25, 0.3) is 0 Å². The van der Waals surface area contributed by atoms with E-state index in [4.69, 9.17) is 4.74 Å². The van der Waals surface area contributed by atoms with E-state index in [-0.39, 0.29) is 6.10 Å². The average molecular weight is 346 g/mol. The summed E-state index contributed by atoms with van der Waals surface area (Å²) in [6, 6.07) is 12.7. The smallest absolute Gasteiger partial charge is 0.191 e. The molecule has 24 heavy (non-hydrogen) atoms.